The summed E-state index contributed by atoms with van der Waals surface area (Å²) in [6.45, 7) is 2.83. The average molecular weight is 271 g/mol. The van der Waals surface area contributed by atoms with Gasteiger partial charge < -0.3 is 11.1 Å². The molecule has 0 amide bonds. The predicted molar refractivity (Wildman–Crippen MR) is 83.5 cm³/mol. The molecule has 98 valence electrons. The maximum Gasteiger partial charge on any atom is 0.106 e. The van der Waals surface area contributed by atoms with E-state index in [0.717, 1.165) is 35.5 Å². The predicted octanol–water partition coefficient (Wildman–Crippen LogP) is 2.68. The molecule has 0 aliphatic carbocycles. The second-order valence-corrected chi connectivity index (χ2v) is 4.85. The van der Waals surface area contributed by atoms with Crippen LogP contribution in [-0.2, 0) is 6.42 Å². The molecule has 0 aliphatic heterocycles. The van der Waals surface area contributed by atoms with Gasteiger partial charge in [0.15, 0.2) is 0 Å². The number of benzene rings is 1. The molecule has 0 spiro atoms. The van der Waals surface area contributed by atoms with Crippen molar-refractivity contribution in [1.82, 2.24) is 4.98 Å². The van der Waals surface area contributed by atoms with Crippen LogP contribution in [0.1, 0.15) is 16.8 Å². The Bertz CT molecular complexity index is 567. The van der Waals surface area contributed by atoms with E-state index in [1.165, 1.54) is 0 Å². The number of aromatic nitrogens is 1. The van der Waals surface area contributed by atoms with Crippen LogP contribution in [-0.4, -0.2) is 16.5 Å². The molecule has 19 heavy (non-hydrogen) atoms. The van der Waals surface area contributed by atoms with Crippen molar-refractivity contribution >= 4 is 22.9 Å². The number of nitrogens with zero attached hydrogens (tertiary/aromatic N) is 1. The number of anilines is 1. The van der Waals surface area contributed by atoms with Gasteiger partial charge in [-0.2, -0.15) is 0 Å². The van der Waals surface area contributed by atoms with Crippen molar-refractivity contribution in [2.24, 2.45) is 5.73 Å². The standard InChI is InChI=1S/C15H17N3S/c1-11-5-6-14(13(10-11)15(16)19)18-9-7-12-4-2-3-8-17-12/h2-6,8,10,18H,7,9H2,1H3,(H2,16,19). The van der Waals surface area contributed by atoms with Crippen LogP contribution in [0.5, 0.6) is 0 Å². The van der Waals surface area contributed by atoms with Crippen LogP contribution in [0, 0.1) is 6.92 Å². The Kier molecular flexibility index (Phi) is 4.47. The third kappa shape index (κ3) is 3.76. The van der Waals surface area contributed by atoms with Gasteiger partial charge in [-0.3, -0.25) is 4.98 Å². The average Bonchev–Trinajstić information content (AvgIpc) is 2.41. The minimum Gasteiger partial charge on any atom is -0.389 e. The number of thiocarbonyl (C=S) groups is 1. The molecule has 0 fully saturated rings. The van der Waals surface area contributed by atoms with Crippen LogP contribution in [0.2, 0.25) is 0 Å². The largest absolute Gasteiger partial charge is 0.389 e. The fourth-order valence-corrected chi connectivity index (χ4v) is 2.06. The molecule has 2 rings (SSSR count). The van der Waals surface area contributed by atoms with Crippen LogP contribution in [0.3, 0.4) is 0 Å². The van der Waals surface area contributed by atoms with Crippen molar-refractivity contribution in [3.63, 3.8) is 0 Å². The highest BCUT2D eigenvalue weighted by Gasteiger charge is 2.05. The second kappa shape index (κ2) is 6.29. The summed E-state index contributed by atoms with van der Waals surface area (Å²) in [7, 11) is 0. The molecule has 0 unspecified atom stereocenters. The molecule has 1 aromatic heterocycles. The smallest absolute Gasteiger partial charge is 0.106 e. The number of hydrogen-bond donors (Lipinski definition) is 2. The first-order valence-electron chi connectivity index (χ1n) is 6.21. The van der Waals surface area contributed by atoms with Crippen LogP contribution in [0.15, 0.2) is 42.6 Å². The van der Waals surface area contributed by atoms with Gasteiger partial charge in [-0.05, 0) is 31.2 Å². The van der Waals surface area contributed by atoms with Crippen molar-refractivity contribution in [3.05, 3.63) is 59.4 Å². The topological polar surface area (TPSA) is 50.9 Å². The Morgan fingerprint density at radius 1 is 1.32 bits per heavy atom. The first-order valence-corrected chi connectivity index (χ1v) is 6.62. The monoisotopic (exact) mass is 271 g/mol. The lowest BCUT2D eigenvalue weighted by Crippen LogP contribution is -2.15. The highest BCUT2D eigenvalue weighted by molar-refractivity contribution is 7.80. The van der Waals surface area contributed by atoms with Gasteiger partial charge in [-0.1, -0.05) is 29.9 Å². The van der Waals surface area contributed by atoms with E-state index in [9.17, 15) is 0 Å². The molecule has 1 aromatic carbocycles. The van der Waals surface area contributed by atoms with Crippen LogP contribution < -0.4 is 11.1 Å². The van der Waals surface area contributed by atoms with Gasteiger partial charge in [0.2, 0.25) is 0 Å². The Morgan fingerprint density at radius 2 is 2.16 bits per heavy atom. The van der Waals surface area contributed by atoms with E-state index < -0.39 is 0 Å². The molecular weight excluding hydrogens is 254 g/mol. The Balaban J connectivity index is 2.02. The van der Waals surface area contributed by atoms with E-state index in [1.54, 1.807) is 0 Å². The number of nitrogens with two attached hydrogens (primary N) is 1. The Labute approximate surface area is 118 Å². The highest BCUT2D eigenvalue weighted by atomic mass is 32.1. The van der Waals surface area contributed by atoms with Gasteiger partial charge >= 0.3 is 0 Å². The molecule has 0 saturated carbocycles. The molecule has 0 aliphatic rings. The van der Waals surface area contributed by atoms with Crippen LogP contribution >= 0.6 is 12.2 Å². The molecule has 0 bridgehead atoms. The summed E-state index contributed by atoms with van der Waals surface area (Å²) < 4.78 is 0. The normalized spacial score (nSPS) is 10.2. The first kappa shape index (κ1) is 13.5. The number of hydrogen-bond acceptors (Lipinski definition) is 3. The molecule has 4 heteroatoms. The fraction of sp³-hybridized carbons (Fsp3) is 0.200. The number of pyridine rings is 1. The van der Waals surface area contributed by atoms with Gasteiger partial charge in [0.1, 0.15) is 4.99 Å². The Morgan fingerprint density at radius 3 is 2.84 bits per heavy atom. The highest BCUT2D eigenvalue weighted by Crippen LogP contribution is 2.17. The van der Waals surface area contributed by atoms with E-state index >= 15 is 0 Å². The van der Waals surface area contributed by atoms with Gasteiger partial charge in [-0.15, -0.1) is 0 Å². The quantitative estimate of drug-likeness (QED) is 0.821. The summed E-state index contributed by atoms with van der Waals surface area (Å²) in [6, 6.07) is 12.0. The summed E-state index contributed by atoms with van der Waals surface area (Å²) >= 11 is 5.08. The van der Waals surface area contributed by atoms with Gasteiger partial charge in [-0.25, -0.2) is 0 Å². The summed E-state index contributed by atoms with van der Waals surface area (Å²) in [5.74, 6) is 0. The van der Waals surface area contributed by atoms with Gasteiger partial charge in [0.25, 0.3) is 0 Å². The summed E-state index contributed by atoms with van der Waals surface area (Å²) in [5.41, 5.74) is 9.84. The molecule has 1 heterocycles. The van der Waals surface area contributed by atoms with Crippen molar-refractivity contribution in [2.75, 3.05) is 11.9 Å². The number of aryl methyl sites for hydroxylation is 1. The molecule has 0 radical (unpaired) electrons. The van der Waals surface area contributed by atoms with Crippen molar-refractivity contribution in [1.29, 1.82) is 0 Å². The van der Waals surface area contributed by atoms with Crippen LogP contribution in [0.25, 0.3) is 0 Å². The fourth-order valence-electron chi connectivity index (χ4n) is 1.89. The maximum absolute atomic E-state index is 5.75. The van der Waals surface area contributed by atoms with E-state index in [0.29, 0.717) is 4.99 Å². The SMILES string of the molecule is Cc1ccc(NCCc2ccccn2)c(C(N)=S)c1. The van der Waals surface area contributed by atoms with Crippen molar-refractivity contribution in [2.45, 2.75) is 13.3 Å². The zero-order chi connectivity index (χ0) is 13.7. The van der Waals surface area contributed by atoms with E-state index in [1.807, 2.05) is 49.5 Å². The van der Waals surface area contributed by atoms with Gasteiger partial charge in [0.05, 0.1) is 0 Å². The second-order valence-electron chi connectivity index (χ2n) is 4.41. The molecule has 0 atom stereocenters. The molecule has 3 N–H and O–H groups in total. The number of nitrogens with one attached hydrogen (secondary N) is 1. The lowest BCUT2D eigenvalue weighted by molar-refractivity contribution is 0.961. The molecule has 0 saturated heterocycles. The van der Waals surface area contributed by atoms with E-state index in [4.69, 9.17) is 18.0 Å². The van der Waals surface area contributed by atoms with E-state index in [-0.39, 0.29) is 0 Å². The number of rotatable bonds is 5. The maximum atomic E-state index is 5.75. The Hall–Kier alpha value is -1.94. The summed E-state index contributed by atoms with van der Waals surface area (Å²) in [6.07, 6.45) is 2.67. The third-order valence-corrected chi connectivity index (χ3v) is 3.08. The van der Waals surface area contributed by atoms with Crippen molar-refractivity contribution in [3.8, 4) is 0 Å². The molecular formula is C15H17N3S. The summed E-state index contributed by atoms with van der Waals surface area (Å²) in [4.78, 5) is 4.71. The van der Waals surface area contributed by atoms with Crippen LogP contribution in [0.4, 0.5) is 5.69 Å². The van der Waals surface area contributed by atoms with Gasteiger partial charge in [0, 0.05) is 36.1 Å². The first-order chi connectivity index (χ1) is 9.16. The minimum atomic E-state index is 0.420. The lowest BCUT2D eigenvalue weighted by Gasteiger charge is -2.11. The summed E-state index contributed by atoms with van der Waals surface area (Å²) in [5, 5.41) is 3.36. The minimum absolute atomic E-state index is 0.420. The van der Waals surface area contributed by atoms with Crippen molar-refractivity contribution < 1.29 is 0 Å². The zero-order valence-electron chi connectivity index (χ0n) is 10.9. The zero-order valence-corrected chi connectivity index (χ0v) is 11.7. The molecule has 2 aromatic rings. The lowest BCUT2D eigenvalue weighted by atomic mass is 10.1. The third-order valence-electron chi connectivity index (χ3n) is 2.86. The van der Waals surface area contributed by atoms with E-state index in [2.05, 4.69) is 10.3 Å². The molecule has 3 nitrogen and oxygen atoms in total.